The Morgan fingerprint density at radius 1 is 1.21 bits per heavy atom. The Kier molecular flexibility index (Phi) is 7.30. The van der Waals surface area contributed by atoms with E-state index in [0.717, 1.165) is 28.7 Å². The number of fused-ring (bicyclic) bond motifs is 1. The molecular formula is C25H27ClN4O2S. The molecule has 0 fully saturated rings. The minimum atomic E-state index is -0.128. The molecule has 2 heterocycles. The van der Waals surface area contributed by atoms with Crippen molar-refractivity contribution in [1.82, 2.24) is 14.5 Å². The largest absolute Gasteiger partial charge is 0.484 e. The highest BCUT2D eigenvalue weighted by atomic mass is 35.5. The van der Waals surface area contributed by atoms with Gasteiger partial charge in [-0.2, -0.15) is 0 Å². The van der Waals surface area contributed by atoms with Crippen molar-refractivity contribution in [3.8, 4) is 5.75 Å². The van der Waals surface area contributed by atoms with Crippen LogP contribution in [0.5, 0.6) is 5.75 Å². The number of hydrogen-bond donors (Lipinski definition) is 0. The van der Waals surface area contributed by atoms with Gasteiger partial charge < -0.3 is 9.30 Å². The van der Waals surface area contributed by atoms with E-state index in [9.17, 15) is 4.79 Å². The van der Waals surface area contributed by atoms with Gasteiger partial charge in [0.05, 0.1) is 16.5 Å². The van der Waals surface area contributed by atoms with Crippen LogP contribution in [0.15, 0.2) is 55.1 Å². The van der Waals surface area contributed by atoms with Crippen LogP contribution in [0.1, 0.15) is 37.3 Å². The second-order valence-electron chi connectivity index (χ2n) is 8.23. The van der Waals surface area contributed by atoms with E-state index in [4.69, 9.17) is 21.3 Å². The molecule has 8 heteroatoms. The molecule has 0 aliphatic heterocycles. The van der Waals surface area contributed by atoms with E-state index in [1.807, 2.05) is 54.1 Å². The molecule has 0 bridgehead atoms. The lowest BCUT2D eigenvalue weighted by Gasteiger charge is -2.20. The van der Waals surface area contributed by atoms with E-state index in [0.29, 0.717) is 28.4 Å². The molecule has 0 radical (unpaired) electrons. The van der Waals surface area contributed by atoms with Crippen LogP contribution >= 0.6 is 22.9 Å². The van der Waals surface area contributed by atoms with Crippen LogP contribution in [0.2, 0.25) is 5.02 Å². The van der Waals surface area contributed by atoms with Crippen LogP contribution < -0.4 is 9.64 Å². The summed E-state index contributed by atoms with van der Waals surface area (Å²) in [6.45, 7) is 7.48. The molecule has 0 aliphatic carbocycles. The Balaban J connectivity index is 1.51. The quantitative estimate of drug-likeness (QED) is 0.290. The molecular weight excluding hydrogens is 456 g/mol. The van der Waals surface area contributed by atoms with Gasteiger partial charge in [-0.05, 0) is 54.7 Å². The lowest BCUT2D eigenvalue weighted by atomic mass is 10.0. The number of aryl methyl sites for hydroxylation is 2. The third-order valence-corrected chi connectivity index (χ3v) is 6.99. The number of nitrogens with zero attached hydrogens (tertiary/aromatic N) is 4. The van der Waals surface area contributed by atoms with Gasteiger partial charge in [0, 0.05) is 30.5 Å². The minimum absolute atomic E-state index is 0.0538. The topological polar surface area (TPSA) is 60.2 Å². The van der Waals surface area contributed by atoms with Gasteiger partial charge in [0.2, 0.25) is 0 Å². The third-order valence-electron chi connectivity index (χ3n) is 5.53. The SMILES string of the molecule is Cc1c(Cl)ccc2sc(N(CCCn3ccnc3)C(=O)COc3ccc(C(C)C)cc3)nc12. The van der Waals surface area contributed by atoms with E-state index in [1.54, 1.807) is 17.4 Å². The zero-order chi connectivity index (χ0) is 23.4. The van der Waals surface area contributed by atoms with Crippen molar-refractivity contribution in [2.24, 2.45) is 0 Å². The van der Waals surface area contributed by atoms with Gasteiger partial charge in [-0.1, -0.05) is 48.9 Å². The number of hydrogen-bond acceptors (Lipinski definition) is 5. The molecule has 0 N–H and O–H groups in total. The zero-order valence-electron chi connectivity index (χ0n) is 19.0. The monoisotopic (exact) mass is 482 g/mol. The molecule has 0 unspecified atom stereocenters. The summed E-state index contributed by atoms with van der Waals surface area (Å²) in [4.78, 5) is 23.8. The Hall–Kier alpha value is -2.90. The molecule has 4 aromatic rings. The van der Waals surface area contributed by atoms with Crippen molar-refractivity contribution in [2.45, 2.75) is 39.7 Å². The molecule has 2 aromatic heterocycles. The number of carbonyl (C=O) groups is 1. The van der Waals surface area contributed by atoms with Crippen LogP contribution in [-0.4, -0.2) is 33.6 Å². The smallest absolute Gasteiger partial charge is 0.266 e. The molecule has 0 atom stereocenters. The fourth-order valence-corrected chi connectivity index (χ4v) is 4.75. The number of aromatic nitrogens is 3. The molecule has 172 valence electrons. The standard InChI is InChI=1S/C25H27ClN4O2S/c1-17(2)19-5-7-20(8-6-19)32-15-23(31)30(13-4-12-29-14-11-27-16-29)25-28-24-18(3)21(26)9-10-22(24)33-25/h5-11,14,16-17H,4,12-13,15H2,1-3H3. The van der Waals surface area contributed by atoms with Crippen molar-refractivity contribution >= 4 is 44.2 Å². The maximum Gasteiger partial charge on any atom is 0.266 e. The van der Waals surface area contributed by atoms with Crippen molar-refractivity contribution in [1.29, 1.82) is 0 Å². The molecule has 0 spiro atoms. The number of halogens is 1. The van der Waals surface area contributed by atoms with Crippen LogP contribution in [0.4, 0.5) is 5.13 Å². The summed E-state index contributed by atoms with van der Waals surface area (Å²) in [6, 6.07) is 11.7. The van der Waals surface area contributed by atoms with Crippen LogP contribution in [0.25, 0.3) is 10.2 Å². The van der Waals surface area contributed by atoms with Gasteiger partial charge >= 0.3 is 0 Å². The lowest BCUT2D eigenvalue weighted by molar-refractivity contribution is -0.120. The second-order valence-corrected chi connectivity index (χ2v) is 9.64. The summed E-state index contributed by atoms with van der Waals surface area (Å²) >= 11 is 7.78. The second kappa shape index (κ2) is 10.4. The summed E-state index contributed by atoms with van der Waals surface area (Å²) in [5.74, 6) is 0.997. The number of ether oxygens (including phenoxy) is 1. The number of anilines is 1. The number of carbonyl (C=O) groups excluding carboxylic acids is 1. The molecule has 1 amide bonds. The molecule has 0 saturated carbocycles. The Morgan fingerprint density at radius 3 is 2.70 bits per heavy atom. The first-order chi connectivity index (χ1) is 15.9. The number of thiazole rings is 1. The summed E-state index contributed by atoms with van der Waals surface area (Å²) < 4.78 is 8.83. The predicted octanol–water partition coefficient (Wildman–Crippen LogP) is 6.08. The van der Waals surface area contributed by atoms with Crippen molar-refractivity contribution in [3.63, 3.8) is 0 Å². The van der Waals surface area contributed by atoms with Crippen molar-refractivity contribution in [3.05, 3.63) is 71.3 Å². The normalized spacial score (nSPS) is 11.3. The van der Waals surface area contributed by atoms with Gasteiger partial charge in [-0.15, -0.1) is 0 Å². The average molecular weight is 483 g/mol. The van der Waals surface area contributed by atoms with Gasteiger partial charge in [-0.25, -0.2) is 9.97 Å². The first-order valence-electron chi connectivity index (χ1n) is 11.0. The first kappa shape index (κ1) is 23.3. The zero-order valence-corrected chi connectivity index (χ0v) is 20.6. The summed E-state index contributed by atoms with van der Waals surface area (Å²) in [5.41, 5.74) is 2.99. The average Bonchev–Trinajstić information content (AvgIpc) is 3.48. The van der Waals surface area contributed by atoms with Crippen molar-refractivity contribution in [2.75, 3.05) is 18.1 Å². The van der Waals surface area contributed by atoms with E-state index < -0.39 is 0 Å². The van der Waals surface area contributed by atoms with E-state index >= 15 is 0 Å². The van der Waals surface area contributed by atoms with Crippen molar-refractivity contribution < 1.29 is 9.53 Å². The first-order valence-corrected chi connectivity index (χ1v) is 12.2. The fraction of sp³-hybridized carbons (Fsp3) is 0.320. The number of benzene rings is 2. The molecule has 0 aliphatic rings. The Morgan fingerprint density at radius 2 is 2.00 bits per heavy atom. The van der Waals surface area contributed by atoms with Crippen LogP contribution in [-0.2, 0) is 11.3 Å². The summed E-state index contributed by atoms with van der Waals surface area (Å²) in [7, 11) is 0. The predicted molar refractivity (Wildman–Crippen MR) is 135 cm³/mol. The van der Waals surface area contributed by atoms with Gasteiger partial charge in [0.25, 0.3) is 5.91 Å². The molecule has 33 heavy (non-hydrogen) atoms. The highest BCUT2D eigenvalue weighted by Gasteiger charge is 2.21. The van der Waals surface area contributed by atoms with Crippen LogP contribution in [0, 0.1) is 6.92 Å². The van der Waals surface area contributed by atoms with Gasteiger partial charge in [0.15, 0.2) is 11.7 Å². The highest BCUT2D eigenvalue weighted by molar-refractivity contribution is 7.22. The molecule has 0 saturated heterocycles. The fourth-order valence-electron chi connectivity index (χ4n) is 3.53. The van der Waals surface area contributed by atoms with Crippen LogP contribution in [0.3, 0.4) is 0 Å². The number of rotatable bonds is 9. The molecule has 2 aromatic carbocycles. The number of amides is 1. The maximum atomic E-state index is 13.2. The van der Waals surface area contributed by atoms with Gasteiger partial charge in [-0.3, -0.25) is 9.69 Å². The summed E-state index contributed by atoms with van der Waals surface area (Å²) in [6.07, 6.45) is 6.21. The third kappa shape index (κ3) is 5.54. The molecule has 4 rings (SSSR count). The Labute approximate surface area is 202 Å². The summed E-state index contributed by atoms with van der Waals surface area (Å²) in [5, 5.41) is 1.33. The Bertz CT molecular complexity index is 1220. The minimum Gasteiger partial charge on any atom is -0.484 e. The maximum absolute atomic E-state index is 13.2. The lowest BCUT2D eigenvalue weighted by Crippen LogP contribution is -2.36. The van der Waals surface area contributed by atoms with E-state index in [1.165, 1.54) is 16.9 Å². The molecule has 6 nitrogen and oxygen atoms in total. The van der Waals surface area contributed by atoms with E-state index in [2.05, 4.69) is 18.8 Å². The van der Waals surface area contributed by atoms with Gasteiger partial charge in [0.1, 0.15) is 5.75 Å². The van der Waals surface area contributed by atoms with E-state index in [-0.39, 0.29) is 12.5 Å². The number of imidazole rings is 1. The highest BCUT2D eigenvalue weighted by Crippen LogP contribution is 2.33.